The highest BCUT2D eigenvalue weighted by atomic mass is 32.2. The summed E-state index contributed by atoms with van der Waals surface area (Å²) in [5.74, 6) is 0. The molecule has 0 bridgehead atoms. The zero-order valence-corrected chi connectivity index (χ0v) is 19.0. The molecule has 29 heavy (non-hydrogen) atoms. The molecule has 0 radical (unpaired) electrons. The number of nitrogens with zero attached hydrogens (tertiary/aromatic N) is 2. The number of rotatable bonds is 11. The Kier molecular flexibility index (Phi) is 9.33. The lowest BCUT2D eigenvalue weighted by Crippen LogP contribution is -2.39. The molecule has 0 saturated heterocycles. The number of hydrogen-bond donors (Lipinski definition) is 1. The van der Waals surface area contributed by atoms with Gasteiger partial charge in [-0.05, 0) is 77.4 Å². The smallest absolute Gasteiger partial charge is 0.241 e. The van der Waals surface area contributed by atoms with Crippen molar-refractivity contribution in [2.75, 3.05) is 46.2 Å². The summed E-state index contributed by atoms with van der Waals surface area (Å²) in [5.41, 5.74) is 0.971. The number of benzene rings is 1. The second kappa shape index (κ2) is 11.2. The van der Waals surface area contributed by atoms with E-state index < -0.39 is 16.7 Å². The average molecular weight is 430 g/mol. The summed E-state index contributed by atoms with van der Waals surface area (Å²) in [5, 5.41) is 0. The quantitative estimate of drug-likeness (QED) is 0.548. The number of nitrogens with one attached hydrogen (secondary N) is 1. The van der Waals surface area contributed by atoms with Gasteiger partial charge < -0.3 is 14.5 Å². The van der Waals surface area contributed by atoms with Crippen LogP contribution in [0, 0.1) is 0 Å². The van der Waals surface area contributed by atoms with Crippen molar-refractivity contribution in [3.63, 3.8) is 0 Å². The summed E-state index contributed by atoms with van der Waals surface area (Å²) in [4.78, 5) is 4.02. The van der Waals surface area contributed by atoms with Crippen molar-refractivity contribution in [1.29, 1.82) is 0 Å². The molecular weight excluding hydrogens is 393 g/mol. The number of ether oxygens (including phenoxy) is 1. The zero-order valence-electron chi connectivity index (χ0n) is 18.2. The van der Waals surface area contributed by atoms with Gasteiger partial charge in [-0.15, -0.1) is 0 Å². The lowest BCUT2D eigenvalue weighted by atomic mass is 9.94. The Morgan fingerprint density at radius 1 is 1.10 bits per heavy atom. The minimum atomic E-state index is -3.75. The molecule has 0 amide bonds. The van der Waals surface area contributed by atoms with Gasteiger partial charge >= 0.3 is 0 Å². The third kappa shape index (κ3) is 7.51. The molecule has 1 aliphatic carbocycles. The van der Waals surface area contributed by atoms with Gasteiger partial charge in [0.15, 0.2) is 0 Å². The first-order valence-corrected chi connectivity index (χ1v) is 11.9. The Bertz CT molecular complexity index is 733. The van der Waals surface area contributed by atoms with E-state index in [1.165, 1.54) is 6.07 Å². The molecule has 1 aromatic rings. The van der Waals surface area contributed by atoms with Gasteiger partial charge in [0.05, 0.1) is 11.0 Å². The van der Waals surface area contributed by atoms with Crippen LogP contribution >= 0.6 is 0 Å². The number of hydrogen-bond acceptors (Lipinski definition) is 5. The first kappa shape index (κ1) is 24.1. The van der Waals surface area contributed by atoms with Gasteiger partial charge in [0.1, 0.15) is 6.67 Å². The van der Waals surface area contributed by atoms with E-state index in [4.69, 9.17) is 4.74 Å². The van der Waals surface area contributed by atoms with Crippen molar-refractivity contribution in [2.24, 2.45) is 0 Å². The maximum absolute atomic E-state index is 13.5. The molecule has 0 aliphatic heterocycles. The maximum Gasteiger partial charge on any atom is 0.241 e. The predicted molar refractivity (Wildman–Crippen MR) is 116 cm³/mol. The normalized spacial score (nSPS) is 20.2. The Morgan fingerprint density at radius 2 is 1.79 bits per heavy atom. The average Bonchev–Trinajstić information content (AvgIpc) is 2.68. The van der Waals surface area contributed by atoms with Crippen LogP contribution in [-0.4, -0.2) is 66.8 Å². The van der Waals surface area contributed by atoms with Gasteiger partial charge in [-0.2, -0.15) is 0 Å². The molecule has 0 spiro atoms. The van der Waals surface area contributed by atoms with E-state index in [9.17, 15) is 12.8 Å². The summed E-state index contributed by atoms with van der Waals surface area (Å²) in [6, 6.07) is 4.66. The molecule has 166 valence electrons. The Labute approximate surface area is 175 Å². The van der Waals surface area contributed by atoms with Crippen LogP contribution in [0.3, 0.4) is 0 Å². The first-order valence-electron chi connectivity index (χ1n) is 10.4. The Morgan fingerprint density at radius 3 is 2.38 bits per heavy atom. The highest BCUT2D eigenvalue weighted by Crippen LogP contribution is 2.26. The summed E-state index contributed by atoms with van der Waals surface area (Å²) in [6.45, 7) is 1.01. The second-order valence-electron chi connectivity index (χ2n) is 8.30. The fraction of sp³-hybridized carbons (Fsp3) is 0.714. The van der Waals surface area contributed by atoms with Crippen molar-refractivity contribution in [1.82, 2.24) is 9.62 Å². The standard InChI is InChI=1S/C21H36FN3O3S/c1-24(2)13-5-6-14-28-20-10-7-18(8-11-20)23-29(26,27)21-12-9-19(25(3)4)15-17(21)16-22/h9,12,15,18,20,23H,5-8,10-11,13-14,16H2,1-4H3. The molecular formula is C21H36FN3O3S. The van der Waals surface area contributed by atoms with Crippen LogP contribution in [0.25, 0.3) is 0 Å². The molecule has 1 saturated carbocycles. The third-order valence-electron chi connectivity index (χ3n) is 5.34. The van der Waals surface area contributed by atoms with Gasteiger partial charge in [-0.3, -0.25) is 0 Å². The molecule has 2 rings (SSSR count). The van der Waals surface area contributed by atoms with E-state index >= 15 is 0 Å². The third-order valence-corrected chi connectivity index (χ3v) is 6.96. The van der Waals surface area contributed by atoms with E-state index in [0.29, 0.717) is 0 Å². The molecule has 0 atom stereocenters. The molecule has 8 heteroatoms. The number of unbranched alkanes of at least 4 members (excludes halogenated alkanes) is 1. The maximum atomic E-state index is 13.5. The Hall–Kier alpha value is -1.22. The van der Waals surface area contributed by atoms with Gasteiger partial charge in [0, 0.05) is 38.0 Å². The van der Waals surface area contributed by atoms with Crippen LogP contribution in [-0.2, 0) is 21.4 Å². The molecule has 0 unspecified atom stereocenters. The summed E-state index contributed by atoms with van der Waals surface area (Å²) >= 11 is 0. The lowest BCUT2D eigenvalue weighted by Gasteiger charge is -2.29. The summed E-state index contributed by atoms with van der Waals surface area (Å²) in [6.07, 6.45) is 5.53. The van der Waals surface area contributed by atoms with E-state index in [2.05, 4.69) is 23.7 Å². The minimum absolute atomic E-state index is 0.0323. The van der Waals surface area contributed by atoms with Gasteiger partial charge in [-0.25, -0.2) is 17.5 Å². The highest BCUT2D eigenvalue weighted by Gasteiger charge is 2.27. The fourth-order valence-electron chi connectivity index (χ4n) is 3.62. The van der Waals surface area contributed by atoms with Crippen LogP contribution in [0.1, 0.15) is 44.1 Å². The Balaban J connectivity index is 1.85. The van der Waals surface area contributed by atoms with E-state index in [-0.39, 0.29) is 22.6 Å². The van der Waals surface area contributed by atoms with Crippen LogP contribution in [0.15, 0.2) is 23.1 Å². The van der Waals surface area contributed by atoms with Crippen molar-refractivity contribution in [2.45, 2.75) is 62.2 Å². The molecule has 1 fully saturated rings. The topological polar surface area (TPSA) is 61.9 Å². The number of halogens is 1. The number of sulfonamides is 1. The zero-order chi connectivity index (χ0) is 21.4. The van der Waals surface area contributed by atoms with Crippen molar-refractivity contribution in [3.05, 3.63) is 23.8 Å². The summed E-state index contributed by atoms with van der Waals surface area (Å²) < 4.78 is 47.8. The molecule has 1 N–H and O–H groups in total. The van der Waals surface area contributed by atoms with Crippen LogP contribution < -0.4 is 9.62 Å². The van der Waals surface area contributed by atoms with Crippen LogP contribution in [0.5, 0.6) is 0 Å². The second-order valence-corrected chi connectivity index (χ2v) is 9.98. The molecule has 1 aliphatic rings. The van der Waals surface area contributed by atoms with Gasteiger partial charge in [0.2, 0.25) is 10.0 Å². The first-order chi connectivity index (χ1) is 13.7. The number of anilines is 1. The van der Waals surface area contributed by atoms with Crippen molar-refractivity contribution < 1.29 is 17.5 Å². The molecule has 0 aromatic heterocycles. The summed E-state index contributed by atoms with van der Waals surface area (Å²) in [7, 11) is 4.06. The largest absolute Gasteiger partial charge is 0.378 e. The van der Waals surface area contributed by atoms with Crippen LogP contribution in [0.4, 0.5) is 10.1 Å². The molecule has 1 aromatic carbocycles. The van der Waals surface area contributed by atoms with Gasteiger partial charge in [-0.1, -0.05) is 0 Å². The fourth-order valence-corrected chi connectivity index (χ4v) is 5.13. The number of alkyl halides is 1. The van der Waals surface area contributed by atoms with Gasteiger partial charge in [0.25, 0.3) is 0 Å². The van der Waals surface area contributed by atoms with E-state index in [0.717, 1.165) is 57.4 Å². The van der Waals surface area contributed by atoms with Crippen molar-refractivity contribution >= 4 is 15.7 Å². The predicted octanol–water partition coefficient (Wildman–Crippen LogP) is 3.17. The molecule has 6 nitrogen and oxygen atoms in total. The van der Waals surface area contributed by atoms with Crippen LogP contribution in [0.2, 0.25) is 0 Å². The molecule has 0 heterocycles. The highest BCUT2D eigenvalue weighted by molar-refractivity contribution is 7.89. The van der Waals surface area contributed by atoms with E-state index in [1.807, 2.05) is 19.0 Å². The van der Waals surface area contributed by atoms with Crippen molar-refractivity contribution in [3.8, 4) is 0 Å². The lowest BCUT2D eigenvalue weighted by molar-refractivity contribution is 0.0217. The SMILES string of the molecule is CN(C)CCCCOC1CCC(NS(=O)(=O)c2ccc(N(C)C)cc2CF)CC1. The monoisotopic (exact) mass is 429 g/mol. The minimum Gasteiger partial charge on any atom is -0.378 e. The van der Waals surface area contributed by atoms with E-state index in [1.54, 1.807) is 12.1 Å².